The van der Waals surface area contributed by atoms with Gasteiger partial charge in [-0.15, -0.1) is 17.9 Å². The van der Waals surface area contributed by atoms with Gasteiger partial charge in [-0.2, -0.15) is 0 Å². The van der Waals surface area contributed by atoms with Gasteiger partial charge in [0.1, 0.15) is 0 Å². The molecule has 0 amide bonds. The number of aromatic nitrogens is 1. The molecule has 0 aromatic carbocycles. The lowest BCUT2D eigenvalue weighted by molar-refractivity contribution is 0.595. The number of hydrogen-bond donors (Lipinski definition) is 1. The number of nitrogens with zero attached hydrogens (tertiary/aromatic N) is 1. The standard InChI is InChI=1S/C11H18N2S/c1-7(2)6-10(12-5)11-8(3)13-9(4)14-11/h10,12H,1,6H2,2-5H3. The Morgan fingerprint density at radius 1 is 1.57 bits per heavy atom. The molecular formula is C11H18N2S. The molecule has 0 fully saturated rings. The van der Waals surface area contributed by atoms with Gasteiger partial charge in [0.05, 0.1) is 10.7 Å². The lowest BCUT2D eigenvalue weighted by atomic mass is 10.1. The Balaban J connectivity index is 2.88. The fraction of sp³-hybridized carbons (Fsp3) is 0.545. The van der Waals surface area contributed by atoms with E-state index in [1.54, 1.807) is 11.3 Å². The summed E-state index contributed by atoms with van der Waals surface area (Å²) in [6, 6.07) is 0.374. The average molecular weight is 210 g/mol. The largest absolute Gasteiger partial charge is 0.312 e. The van der Waals surface area contributed by atoms with Crippen LogP contribution in [0.25, 0.3) is 0 Å². The molecule has 14 heavy (non-hydrogen) atoms. The Morgan fingerprint density at radius 2 is 2.21 bits per heavy atom. The molecule has 78 valence electrons. The van der Waals surface area contributed by atoms with Crippen LogP contribution in [0.5, 0.6) is 0 Å². The zero-order valence-corrected chi connectivity index (χ0v) is 10.2. The van der Waals surface area contributed by atoms with Crippen LogP contribution in [0.1, 0.15) is 35.0 Å². The molecule has 1 aromatic rings. The highest BCUT2D eigenvalue weighted by Gasteiger charge is 2.15. The Kier molecular flexibility index (Phi) is 3.84. The van der Waals surface area contributed by atoms with Gasteiger partial charge in [-0.25, -0.2) is 4.98 Å². The number of rotatable bonds is 4. The molecular weight excluding hydrogens is 192 g/mol. The number of thiazole rings is 1. The second kappa shape index (κ2) is 4.71. The predicted octanol–water partition coefficient (Wildman–Crippen LogP) is 2.99. The Labute approximate surface area is 90.1 Å². The van der Waals surface area contributed by atoms with Crippen LogP contribution in [0.4, 0.5) is 0 Å². The third-order valence-corrected chi connectivity index (χ3v) is 3.34. The molecule has 1 aromatic heterocycles. The first kappa shape index (κ1) is 11.4. The van der Waals surface area contributed by atoms with Crippen LogP contribution in [-0.4, -0.2) is 12.0 Å². The molecule has 1 rings (SSSR count). The molecule has 2 nitrogen and oxygen atoms in total. The molecule has 1 atom stereocenters. The molecule has 3 heteroatoms. The molecule has 0 bridgehead atoms. The molecule has 0 aliphatic rings. The van der Waals surface area contributed by atoms with Gasteiger partial charge in [0, 0.05) is 10.9 Å². The van der Waals surface area contributed by atoms with Gasteiger partial charge in [-0.3, -0.25) is 0 Å². The second-order valence-electron chi connectivity index (χ2n) is 3.69. The van der Waals surface area contributed by atoms with Crippen molar-refractivity contribution in [1.29, 1.82) is 0 Å². The van der Waals surface area contributed by atoms with Crippen molar-refractivity contribution in [3.05, 3.63) is 27.7 Å². The van der Waals surface area contributed by atoms with Crippen molar-refractivity contribution in [3.8, 4) is 0 Å². The van der Waals surface area contributed by atoms with Crippen LogP contribution in [0.3, 0.4) is 0 Å². The van der Waals surface area contributed by atoms with Crippen molar-refractivity contribution < 1.29 is 0 Å². The van der Waals surface area contributed by atoms with E-state index in [1.165, 1.54) is 10.5 Å². The number of hydrogen-bond acceptors (Lipinski definition) is 3. The van der Waals surface area contributed by atoms with Gasteiger partial charge in [-0.1, -0.05) is 5.57 Å². The first-order valence-corrected chi connectivity index (χ1v) is 5.61. The molecule has 0 aliphatic carbocycles. The lowest BCUT2D eigenvalue weighted by Gasteiger charge is -2.14. The first-order valence-electron chi connectivity index (χ1n) is 4.80. The molecule has 1 heterocycles. The van der Waals surface area contributed by atoms with E-state index >= 15 is 0 Å². The first-order chi connectivity index (χ1) is 6.54. The summed E-state index contributed by atoms with van der Waals surface area (Å²) >= 11 is 1.77. The van der Waals surface area contributed by atoms with Gasteiger partial charge in [-0.05, 0) is 34.2 Å². The molecule has 1 unspecified atom stereocenters. The van der Waals surface area contributed by atoms with Gasteiger partial charge in [0.2, 0.25) is 0 Å². The van der Waals surface area contributed by atoms with Crippen molar-refractivity contribution in [2.75, 3.05) is 7.05 Å². The van der Waals surface area contributed by atoms with E-state index in [0.29, 0.717) is 6.04 Å². The normalized spacial score (nSPS) is 12.9. The molecule has 0 aliphatic heterocycles. The highest BCUT2D eigenvalue weighted by atomic mass is 32.1. The van der Waals surface area contributed by atoms with Crippen LogP contribution < -0.4 is 5.32 Å². The van der Waals surface area contributed by atoms with Crippen molar-refractivity contribution in [3.63, 3.8) is 0 Å². The van der Waals surface area contributed by atoms with E-state index in [1.807, 2.05) is 7.05 Å². The van der Waals surface area contributed by atoms with E-state index in [4.69, 9.17) is 0 Å². The minimum atomic E-state index is 0.374. The highest BCUT2D eigenvalue weighted by Crippen LogP contribution is 2.28. The summed E-state index contributed by atoms with van der Waals surface area (Å²) in [5.41, 5.74) is 2.35. The number of nitrogens with one attached hydrogen (secondary N) is 1. The maximum atomic E-state index is 4.44. The SMILES string of the molecule is C=C(C)CC(NC)c1sc(C)nc1C. The van der Waals surface area contributed by atoms with E-state index < -0.39 is 0 Å². The van der Waals surface area contributed by atoms with Gasteiger partial charge < -0.3 is 5.32 Å². The van der Waals surface area contributed by atoms with Gasteiger partial charge >= 0.3 is 0 Å². The van der Waals surface area contributed by atoms with Crippen molar-refractivity contribution in [2.45, 2.75) is 33.2 Å². The summed E-state index contributed by atoms with van der Waals surface area (Å²) in [5, 5.41) is 4.45. The topological polar surface area (TPSA) is 24.9 Å². The molecule has 0 spiro atoms. The van der Waals surface area contributed by atoms with Gasteiger partial charge in [0.25, 0.3) is 0 Å². The maximum absolute atomic E-state index is 4.44. The maximum Gasteiger partial charge on any atom is 0.0900 e. The summed E-state index contributed by atoms with van der Waals surface area (Å²) in [5.74, 6) is 0. The minimum absolute atomic E-state index is 0.374. The van der Waals surface area contributed by atoms with Crippen LogP contribution in [0.15, 0.2) is 12.2 Å². The molecule has 1 N–H and O–H groups in total. The van der Waals surface area contributed by atoms with E-state index in [0.717, 1.165) is 17.1 Å². The summed E-state index contributed by atoms with van der Waals surface area (Å²) in [7, 11) is 1.99. The number of aryl methyl sites for hydroxylation is 2. The zero-order valence-electron chi connectivity index (χ0n) is 9.35. The van der Waals surface area contributed by atoms with Gasteiger partial charge in [0.15, 0.2) is 0 Å². The predicted molar refractivity (Wildman–Crippen MR) is 62.8 cm³/mol. The van der Waals surface area contributed by atoms with Crippen LogP contribution in [0.2, 0.25) is 0 Å². The zero-order chi connectivity index (χ0) is 10.7. The Morgan fingerprint density at radius 3 is 2.57 bits per heavy atom. The summed E-state index contributed by atoms with van der Waals surface area (Å²) < 4.78 is 0. The Hall–Kier alpha value is -0.670. The van der Waals surface area contributed by atoms with Crippen LogP contribution in [0, 0.1) is 13.8 Å². The Bertz CT molecular complexity index is 328. The van der Waals surface area contributed by atoms with Crippen LogP contribution in [-0.2, 0) is 0 Å². The smallest absolute Gasteiger partial charge is 0.0900 e. The highest BCUT2D eigenvalue weighted by molar-refractivity contribution is 7.11. The van der Waals surface area contributed by atoms with Crippen molar-refractivity contribution in [1.82, 2.24) is 10.3 Å². The average Bonchev–Trinajstić information content (AvgIpc) is 2.41. The minimum Gasteiger partial charge on any atom is -0.312 e. The third kappa shape index (κ3) is 2.66. The summed E-state index contributed by atoms with van der Waals surface area (Å²) in [4.78, 5) is 5.78. The van der Waals surface area contributed by atoms with E-state index in [9.17, 15) is 0 Å². The summed E-state index contributed by atoms with van der Waals surface area (Å²) in [6.45, 7) is 10.1. The van der Waals surface area contributed by atoms with E-state index in [2.05, 4.69) is 37.7 Å². The lowest BCUT2D eigenvalue weighted by Crippen LogP contribution is -2.16. The van der Waals surface area contributed by atoms with Crippen molar-refractivity contribution in [2.24, 2.45) is 0 Å². The fourth-order valence-electron chi connectivity index (χ4n) is 1.54. The quantitative estimate of drug-likeness (QED) is 0.773. The van der Waals surface area contributed by atoms with E-state index in [-0.39, 0.29) is 0 Å². The second-order valence-corrected chi connectivity index (χ2v) is 4.92. The summed E-state index contributed by atoms with van der Waals surface area (Å²) in [6.07, 6.45) is 0.985. The molecule has 0 radical (unpaired) electrons. The molecule has 0 saturated carbocycles. The van der Waals surface area contributed by atoms with Crippen molar-refractivity contribution >= 4 is 11.3 Å². The fourth-order valence-corrected chi connectivity index (χ4v) is 2.58. The van der Waals surface area contributed by atoms with Crippen LogP contribution >= 0.6 is 11.3 Å². The monoisotopic (exact) mass is 210 g/mol. The molecule has 0 saturated heterocycles. The third-order valence-electron chi connectivity index (χ3n) is 2.16.